The van der Waals surface area contributed by atoms with Crippen molar-refractivity contribution in [3.05, 3.63) is 0 Å². The van der Waals surface area contributed by atoms with Crippen molar-refractivity contribution >= 4 is 5.96 Å². The summed E-state index contributed by atoms with van der Waals surface area (Å²) >= 11 is 0. The fourth-order valence-electron chi connectivity index (χ4n) is 2.83. The second-order valence-corrected chi connectivity index (χ2v) is 6.14. The van der Waals surface area contributed by atoms with E-state index in [1.54, 1.807) is 0 Å². The molecule has 0 atom stereocenters. The number of guanidine groups is 1. The van der Waals surface area contributed by atoms with Crippen LogP contribution in [0.3, 0.4) is 0 Å². The minimum absolute atomic E-state index is 0.490. The summed E-state index contributed by atoms with van der Waals surface area (Å²) in [4.78, 5) is 4.24. The lowest BCUT2D eigenvalue weighted by atomic mass is 10.1. The van der Waals surface area contributed by atoms with Crippen molar-refractivity contribution in [3.8, 4) is 0 Å². The molecular weight excluding hydrogens is 250 g/mol. The smallest absolute Gasteiger partial charge is 0.191 e. The van der Waals surface area contributed by atoms with Gasteiger partial charge in [0.05, 0.1) is 12.7 Å². The number of nitrogens with one attached hydrogen (secondary N) is 2. The lowest BCUT2D eigenvalue weighted by Crippen LogP contribution is -2.39. The van der Waals surface area contributed by atoms with E-state index in [9.17, 15) is 0 Å². The van der Waals surface area contributed by atoms with E-state index in [4.69, 9.17) is 4.74 Å². The maximum absolute atomic E-state index is 5.97. The third-order valence-electron chi connectivity index (χ3n) is 4.32. The van der Waals surface area contributed by atoms with Gasteiger partial charge in [-0.05, 0) is 25.2 Å². The molecule has 0 aromatic rings. The van der Waals surface area contributed by atoms with Crippen molar-refractivity contribution in [2.75, 3.05) is 26.7 Å². The second kappa shape index (κ2) is 9.22. The van der Waals surface area contributed by atoms with Crippen LogP contribution in [0.2, 0.25) is 0 Å². The molecule has 0 unspecified atom stereocenters. The zero-order chi connectivity index (χ0) is 14.0. The first-order valence-corrected chi connectivity index (χ1v) is 8.44. The zero-order valence-corrected chi connectivity index (χ0v) is 13.0. The van der Waals surface area contributed by atoms with Crippen molar-refractivity contribution in [2.24, 2.45) is 10.9 Å². The van der Waals surface area contributed by atoms with E-state index in [1.807, 2.05) is 7.05 Å². The number of hydrogen-bond donors (Lipinski definition) is 2. The van der Waals surface area contributed by atoms with E-state index >= 15 is 0 Å². The average molecular weight is 281 g/mol. The molecule has 0 aromatic heterocycles. The molecule has 20 heavy (non-hydrogen) atoms. The molecule has 0 radical (unpaired) electrons. The highest BCUT2D eigenvalue weighted by Crippen LogP contribution is 2.31. The summed E-state index contributed by atoms with van der Waals surface area (Å²) in [5.74, 6) is 1.88. The third kappa shape index (κ3) is 6.60. The molecule has 0 aliphatic heterocycles. The van der Waals surface area contributed by atoms with Gasteiger partial charge < -0.3 is 15.4 Å². The number of hydrogen-bond acceptors (Lipinski definition) is 2. The molecule has 2 aliphatic carbocycles. The van der Waals surface area contributed by atoms with Gasteiger partial charge in [-0.2, -0.15) is 0 Å². The Morgan fingerprint density at radius 3 is 2.35 bits per heavy atom. The molecule has 0 amide bonds. The van der Waals surface area contributed by atoms with Crippen LogP contribution in [0.4, 0.5) is 0 Å². The van der Waals surface area contributed by atoms with Crippen LogP contribution in [-0.2, 0) is 4.74 Å². The van der Waals surface area contributed by atoms with E-state index in [0.717, 1.165) is 31.6 Å². The summed E-state index contributed by atoms with van der Waals surface area (Å²) in [6.07, 6.45) is 12.5. The molecule has 0 saturated heterocycles. The van der Waals surface area contributed by atoms with Crippen LogP contribution in [0.25, 0.3) is 0 Å². The minimum atomic E-state index is 0.490. The van der Waals surface area contributed by atoms with Crippen molar-refractivity contribution in [1.29, 1.82) is 0 Å². The molecule has 2 rings (SSSR count). The summed E-state index contributed by atoms with van der Waals surface area (Å²) in [6.45, 7) is 2.67. The second-order valence-electron chi connectivity index (χ2n) is 6.14. The zero-order valence-electron chi connectivity index (χ0n) is 13.0. The molecule has 0 heterocycles. The normalized spacial score (nSPS) is 21.6. The van der Waals surface area contributed by atoms with E-state index < -0.39 is 0 Å². The Kier molecular flexibility index (Phi) is 7.20. The minimum Gasteiger partial charge on any atom is -0.376 e. The SMILES string of the molecule is CN=C(NCCOC1CCCCCC1)NCCC1CC1. The van der Waals surface area contributed by atoms with Gasteiger partial charge in [0.25, 0.3) is 0 Å². The monoisotopic (exact) mass is 281 g/mol. The Bertz CT molecular complexity index is 281. The summed E-state index contributed by atoms with van der Waals surface area (Å²) < 4.78 is 5.97. The Morgan fingerprint density at radius 1 is 1.00 bits per heavy atom. The van der Waals surface area contributed by atoms with Gasteiger partial charge >= 0.3 is 0 Å². The van der Waals surface area contributed by atoms with Gasteiger partial charge in [-0.25, -0.2) is 0 Å². The van der Waals surface area contributed by atoms with Gasteiger partial charge in [-0.3, -0.25) is 4.99 Å². The molecular formula is C16H31N3O. The number of aliphatic imine (C=N–C) groups is 1. The predicted octanol–water partition coefficient (Wildman–Crippen LogP) is 2.69. The van der Waals surface area contributed by atoms with Gasteiger partial charge in [0.2, 0.25) is 0 Å². The van der Waals surface area contributed by atoms with Gasteiger partial charge in [0, 0.05) is 20.1 Å². The van der Waals surface area contributed by atoms with Gasteiger partial charge in [-0.1, -0.05) is 38.5 Å². The maximum atomic E-state index is 5.97. The Hall–Kier alpha value is -0.770. The predicted molar refractivity (Wildman–Crippen MR) is 84.1 cm³/mol. The van der Waals surface area contributed by atoms with Crippen molar-refractivity contribution in [2.45, 2.75) is 63.9 Å². The fourth-order valence-corrected chi connectivity index (χ4v) is 2.83. The molecule has 0 bridgehead atoms. The lowest BCUT2D eigenvalue weighted by Gasteiger charge is -2.16. The Balaban J connectivity index is 1.49. The Morgan fingerprint density at radius 2 is 1.70 bits per heavy atom. The number of rotatable bonds is 7. The molecule has 4 nitrogen and oxygen atoms in total. The highest BCUT2D eigenvalue weighted by atomic mass is 16.5. The first-order valence-electron chi connectivity index (χ1n) is 8.44. The summed E-state index contributed by atoms with van der Waals surface area (Å²) in [5, 5.41) is 6.71. The molecule has 2 N–H and O–H groups in total. The van der Waals surface area contributed by atoms with Gasteiger partial charge in [-0.15, -0.1) is 0 Å². The topological polar surface area (TPSA) is 45.7 Å². The fraction of sp³-hybridized carbons (Fsp3) is 0.938. The summed E-state index contributed by atoms with van der Waals surface area (Å²) in [5.41, 5.74) is 0. The highest BCUT2D eigenvalue weighted by Gasteiger charge is 2.20. The van der Waals surface area contributed by atoms with Crippen molar-refractivity contribution in [3.63, 3.8) is 0 Å². The first-order chi connectivity index (χ1) is 9.88. The van der Waals surface area contributed by atoms with Crippen LogP contribution in [-0.4, -0.2) is 38.8 Å². The number of ether oxygens (including phenoxy) is 1. The van der Waals surface area contributed by atoms with E-state index in [-0.39, 0.29) is 0 Å². The van der Waals surface area contributed by atoms with Crippen LogP contribution in [0.15, 0.2) is 4.99 Å². The van der Waals surface area contributed by atoms with Crippen LogP contribution < -0.4 is 10.6 Å². The van der Waals surface area contributed by atoms with Gasteiger partial charge in [0.15, 0.2) is 5.96 Å². The van der Waals surface area contributed by atoms with E-state index in [0.29, 0.717) is 6.10 Å². The Labute approximate surface area is 123 Å². The molecule has 116 valence electrons. The largest absolute Gasteiger partial charge is 0.376 e. The van der Waals surface area contributed by atoms with Crippen molar-refractivity contribution < 1.29 is 4.74 Å². The van der Waals surface area contributed by atoms with Gasteiger partial charge in [0.1, 0.15) is 0 Å². The van der Waals surface area contributed by atoms with Crippen LogP contribution in [0.1, 0.15) is 57.8 Å². The molecule has 2 aliphatic rings. The quantitative estimate of drug-likeness (QED) is 0.326. The summed E-state index contributed by atoms with van der Waals surface area (Å²) in [6, 6.07) is 0. The summed E-state index contributed by atoms with van der Waals surface area (Å²) in [7, 11) is 1.83. The first kappa shape index (κ1) is 15.6. The molecule has 2 fully saturated rings. The van der Waals surface area contributed by atoms with Crippen LogP contribution in [0.5, 0.6) is 0 Å². The molecule has 4 heteroatoms. The number of nitrogens with zero attached hydrogens (tertiary/aromatic N) is 1. The molecule has 0 spiro atoms. The van der Waals surface area contributed by atoms with E-state index in [1.165, 1.54) is 57.8 Å². The van der Waals surface area contributed by atoms with Crippen LogP contribution in [0, 0.1) is 5.92 Å². The maximum Gasteiger partial charge on any atom is 0.191 e. The van der Waals surface area contributed by atoms with Crippen LogP contribution >= 0.6 is 0 Å². The molecule has 0 aromatic carbocycles. The van der Waals surface area contributed by atoms with Crippen molar-refractivity contribution in [1.82, 2.24) is 10.6 Å². The van der Waals surface area contributed by atoms with E-state index in [2.05, 4.69) is 15.6 Å². The standard InChI is InChI=1S/C16H31N3O/c1-17-16(18-11-10-14-8-9-14)19-12-13-20-15-6-4-2-3-5-7-15/h14-15H,2-13H2,1H3,(H2,17,18,19). The lowest BCUT2D eigenvalue weighted by molar-refractivity contribution is 0.0468. The highest BCUT2D eigenvalue weighted by molar-refractivity contribution is 5.79. The third-order valence-corrected chi connectivity index (χ3v) is 4.32. The average Bonchev–Trinajstić information content (AvgIpc) is 3.28. The molecule has 2 saturated carbocycles.